The Bertz CT molecular complexity index is 375. The fourth-order valence-corrected chi connectivity index (χ4v) is 2.34. The Morgan fingerprint density at radius 2 is 1.74 bits per heavy atom. The lowest BCUT2D eigenvalue weighted by molar-refractivity contribution is -0.142. The van der Waals surface area contributed by atoms with Crippen LogP contribution in [0.2, 0.25) is 0 Å². The van der Waals surface area contributed by atoms with Crippen molar-refractivity contribution >= 4 is 21.9 Å². The molecular weight excluding hydrogens is 308 g/mol. The van der Waals surface area contributed by atoms with E-state index in [4.69, 9.17) is 5.11 Å². The molecule has 0 amide bonds. The van der Waals surface area contributed by atoms with E-state index >= 15 is 0 Å². The van der Waals surface area contributed by atoms with Gasteiger partial charge in [-0.2, -0.15) is 0 Å². The zero-order valence-electron chi connectivity index (χ0n) is 11.0. The molecule has 0 fully saturated rings. The van der Waals surface area contributed by atoms with Crippen LogP contribution in [-0.2, 0) is 11.2 Å². The van der Waals surface area contributed by atoms with Gasteiger partial charge in [-0.15, -0.1) is 0 Å². The van der Waals surface area contributed by atoms with Gasteiger partial charge in [0.25, 0.3) is 0 Å². The van der Waals surface area contributed by atoms with Gasteiger partial charge in [0.2, 0.25) is 0 Å². The molecule has 106 valence electrons. The van der Waals surface area contributed by atoms with Crippen LogP contribution in [0.5, 0.6) is 0 Å². The van der Waals surface area contributed by atoms with Crippen LogP contribution in [0, 0.1) is 5.92 Å². The van der Waals surface area contributed by atoms with E-state index in [0.29, 0.717) is 12.8 Å². The number of unbranched alkanes of at least 4 members (excludes halogenated alkanes) is 3. The molecule has 0 aliphatic carbocycles. The summed E-state index contributed by atoms with van der Waals surface area (Å²) in [5.74, 6) is -1.03. The summed E-state index contributed by atoms with van der Waals surface area (Å²) in [6.07, 6.45) is 4.98. The second kappa shape index (κ2) is 9.10. The summed E-state index contributed by atoms with van der Waals surface area (Å²) in [7, 11) is 0. The number of hydrogen-bond acceptors (Lipinski definition) is 2. The molecule has 1 aromatic rings. The van der Waals surface area contributed by atoms with Gasteiger partial charge in [-0.05, 0) is 37.0 Å². The first-order valence-corrected chi connectivity index (χ1v) is 7.51. The third kappa shape index (κ3) is 6.73. The second-order valence-electron chi connectivity index (χ2n) is 4.79. The van der Waals surface area contributed by atoms with Crippen LogP contribution in [0.1, 0.15) is 37.7 Å². The third-order valence-electron chi connectivity index (χ3n) is 3.21. The van der Waals surface area contributed by atoms with E-state index in [0.717, 1.165) is 35.7 Å². The van der Waals surface area contributed by atoms with Crippen LogP contribution in [0.4, 0.5) is 0 Å². The number of benzene rings is 1. The van der Waals surface area contributed by atoms with Crippen molar-refractivity contribution < 1.29 is 15.0 Å². The topological polar surface area (TPSA) is 57.5 Å². The summed E-state index contributed by atoms with van der Waals surface area (Å²) >= 11 is 3.37. The Morgan fingerprint density at radius 3 is 2.32 bits per heavy atom. The van der Waals surface area contributed by atoms with Gasteiger partial charge in [0.05, 0.1) is 5.92 Å². The van der Waals surface area contributed by atoms with E-state index in [2.05, 4.69) is 15.9 Å². The molecule has 0 aliphatic heterocycles. The quantitative estimate of drug-likeness (QED) is 0.680. The molecule has 4 heteroatoms. The Hall–Kier alpha value is -0.870. The summed E-state index contributed by atoms with van der Waals surface area (Å²) in [6, 6.07) is 7.81. The standard InChI is InChI=1S/C15H21BrO3/c16-14-8-6-12(7-9-14)11-13(15(18)19)5-3-1-2-4-10-17/h6-9,13,17H,1-5,10-11H2,(H,18,19). The van der Waals surface area contributed by atoms with E-state index in [1.54, 1.807) is 0 Å². The predicted octanol–water partition coefficient (Wildman–Crippen LogP) is 3.64. The van der Waals surface area contributed by atoms with Crippen LogP contribution >= 0.6 is 15.9 Å². The largest absolute Gasteiger partial charge is 0.481 e. The Balaban J connectivity index is 2.40. The van der Waals surface area contributed by atoms with Crippen molar-refractivity contribution in [1.29, 1.82) is 0 Å². The number of hydrogen-bond donors (Lipinski definition) is 2. The fraction of sp³-hybridized carbons (Fsp3) is 0.533. The van der Waals surface area contributed by atoms with E-state index in [1.165, 1.54) is 0 Å². The summed E-state index contributed by atoms with van der Waals surface area (Å²) in [5.41, 5.74) is 1.06. The minimum absolute atomic E-state index is 0.223. The SMILES string of the molecule is O=C(O)C(CCCCCCO)Cc1ccc(Br)cc1. The number of aliphatic carboxylic acids is 1. The van der Waals surface area contributed by atoms with Gasteiger partial charge >= 0.3 is 5.97 Å². The smallest absolute Gasteiger partial charge is 0.306 e. The molecule has 0 radical (unpaired) electrons. The van der Waals surface area contributed by atoms with Crippen molar-refractivity contribution in [3.63, 3.8) is 0 Å². The molecular formula is C15H21BrO3. The van der Waals surface area contributed by atoms with Gasteiger partial charge in [0.15, 0.2) is 0 Å². The van der Waals surface area contributed by atoms with Crippen LogP contribution in [-0.4, -0.2) is 22.8 Å². The molecule has 1 atom stereocenters. The van der Waals surface area contributed by atoms with Crippen LogP contribution in [0.25, 0.3) is 0 Å². The first kappa shape index (κ1) is 16.2. The minimum atomic E-state index is -0.718. The second-order valence-corrected chi connectivity index (χ2v) is 5.71. The lowest BCUT2D eigenvalue weighted by atomic mass is 9.94. The monoisotopic (exact) mass is 328 g/mol. The van der Waals surface area contributed by atoms with Crippen LogP contribution < -0.4 is 0 Å². The highest BCUT2D eigenvalue weighted by Gasteiger charge is 2.17. The van der Waals surface area contributed by atoms with Crippen molar-refractivity contribution in [1.82, 2.24) is 0 Å². The zero-order chi connectivity index (χ0) is 14.1. The average molecular weight is 329 g/mol. The van der Waals surface area contributed by atoms with Crippen molar-refractivity contribution in [2.24, 2.45) is 5.92 Å². The summed E-state index contributed by atoms with van der Waals surface area (Å²) in [4.78, 5) is 11.2. The Labute approximate surface area is 122 Å². The highest BCUT2D eigenvalue weighted by atomic mass is 79.9. The first-order valence-electron chi connectivity index (χ1n) is 6.71. The Morgan fingerprint density at radius 1 is 1.11 bits per heavy atom. The number of carbonyl (C=O) groups is 1. The van der Waals surface area contributed by atoms with Gasteiger partial charge in [0, 0.05) is 11.1 Å². The molecule has 19 heavy (non-hydrogen) atoms. The lowest BCUT2D eigenvalue weighted by Crippen LogP contribution is -2.16. The molecule has 0 saturated heterocycles. The van der Waals surface area contributed by atoms with Crippen LogP contribution in [0.15, 0.2) is 28.7 Å². The fourth-order valence-electron chi connectivity index (χ4n) is 2.07. The molecule has 2 N–H and O–H groups in total. The molecule has 1 aromatic carbocycles. The summed E-state index contributed by atoms with van der Waals surface area (Å²) in [5, 5.41) is 17.9. The number of carboxylic acid groups (broad SMARTS) is 1. The average Bonchev–Trinajstić information content (AvgIpc) is 2.39. The summed E-state index contributed by atoms with van der Waals surface area (Å²) in [6.45, 7) is 0.223. The van der Waals surface area contributed by atoms with Crippen molar-refractivity contribution in [3.05, 3.63) is 34.3 Å². The number of rotatable bonds is 9. The van der Waals surface area contributed by atoms with Gasteiger partial charge in [-0.1, -0.05) is 47.3 Å². The summed E-state index contributed by atoms with van der Waals surface area (Å²) < 4.78 is 1.01. The maximum atomic E-state index is 11.2. The molecule has 0 aromatic heterocycles. The molecule has 0 saturated carbocycles. The van der Waals surface area contributed by atoms with E-state index in [-0.39, 0.29) is 12.5 Å². The molecule has 3 nitrogen and oxygen atoms in total. The van der Waals surface area contributed by atoms with Crippen LogP contribution in [0.3, 0.4) is 0 Å². The Kier molecular flexibility index (Phi) is 7.75. The molecule has 0 heterocycles. The highest BCUT2D eigenvalue weighted by molar-refractivity contribution is 9.10. The number of aliphatic hydroxyl groups excluding tert-OH is 1. The van der Waals surface area contributed by atoms with Crippen molar-refractivity contribution in [3.8, 4) is 0 Å². The van der Waals surface area contributed by atoms with E-state index < -0.39 is 5.97 Å². The van der Waals surface area contributed by atoms with Crippen molar-refractivity contribution in [2.75, 3.05) is 6.61 Å². The molecule has 1 rings (SSSR count). The number of halogens is 1. The minimum Gasteiger partial charge on any atom is -0.481 e. The lowest BCUT2D eigenvalue weighted by Gasteiger charge is -2.12. The van der Waals surface area contributed by atoms with E-state index in [1.807, 2.05) is 24.3 Å². The van der Waals surface area contributed by atoms with E-state index in [9.17, 15) is 9.90 Å². The van der Waals surface area contributed by atoms with Gasteiger partial charge < -0.3 is 10.2 Å². The maximum Gasteiger partial charge on any atom is 0.306 e. The highest BCUT2D eigenvalue weighted by Crippen LogP contribution is 2.18. The van der Waals surface area contributed by atoms with Crippen molar-refractivity contribution in [2.45, 2.75) is 38.5 Å². The maximum absolute atomic E-state index is 11.2. The number of carboxylic acids is 1. The molecule has 0 spiro atoms. The molecule has 1 unspecified atom stereocenters. The first-order chi connectivity index (χ1) is 9.13. The predicted molar refractivity (Wildman–Crippen MR) is 79.1 cm³/mol. The van der Waals surface area contributed by atoms with Gasteiger partial charge in [-0.3, -0.25) is 4.79 Å². The normalized spacial score (nSPS) is 12.3. The van der Waals surface area contributed by atoms with Gasteiger partial charge in [0.1, 0.15) is 0 Å². The third-order valence-corrected chi connectivity index (χ3v) is 3.73. The molecule has 0 bridgehead atoms. The zero-order valence-corrected chi connectivity index (χ0v) is 12.6. The van der Waals surface area contributed by atoms with Gasteiger partial charge in [-0.25, -0.2) is 0 Å². The molecule has 0 aliphatic rings. The number of aliphatic hydroxyl groups is 1.